The van der Waals surface area contributed by atoms with Gasteiger partial charge in [0, 0.05) is 0 Å². The topological polar surface area (TPSA) is 0 Å². The SMILES string of the molecule is CCC[CH2][Sn]([CH2]CCC)([CH2]CCC)[C@@H]1C[C@H]2C=C[C@@H]1C2. The molecule has 0 amide bonds. The Kier molecular flexibility index (Phi) is 6.97. The van der Waals surface area contributed by atoms with E-state index in [0.29, 0.717) is 0 Å². The van der Waals surface area contributed by atoms with Gasteiger partial charge in [-0.2, -0.15) is 0 Å². The molecule has 0 nitrogen and oxygen atoms in total. The number of unbranched alkanes of at least 4 members (excludes halogenated alkanes) is 3. The third-order valence-electron chi connectivity index (χ3n) is 6.15. The Morgan fingerprint density at radius 3 is 1.70 bits per heavy atom. The predicted octanol–water partition coefficient (Wildman–Crippen LogP) is 6.80. The van der Waals surface area contributed by atoms with E-state index >= 15 is 0 Å². The van der Waals surface area contributed by atoms with Gasteiger partial charge in [-0.3, -0.25) is 0 Å². The number of fused-ring (bicyclic) bond motifs is 2. The maximum atomic E-state index is 2.63. The summed E-state index contributed by atoms with van der Waals surface area (Å²) in [5, 5.41) is 0. The van der Waals surface area contributed by atoms with Crippen molar-refractivity contribution in [3.05, 3.63) is 12.2 Å². The van der Waals surface area contributed by atoms with Gasteiger partial charge in [-0.05, 0) is 0 Å². The molecule has 0 heterocycles. The molecule has 2 aliphatic carbocycles. The van der Waals surface area contributed by atoms with Crippen LogP contribution in [0.15, 0.2) is 12.2 Å². The molecule has 0 saturated heterocycles. The minimum absolute atomic E-state index is 0.992. The van der Waals surface area contributed by atoms with Gasteiger partial charge in [0.1, 0.15) is 0 Å². The van der Waals surface area contributed by atoms with Crippen LogP contribution in [0.3, 0.4) is 0 Å². The zero-order valence-corrected chi connectivity index (χ0v) is 17.0. The molecule has 0 aromatic heterocycles. The number of hydrogen-bond acceptors (Lipinski definition) is 0. The van der Waals surface area contributed by atoms with Crippen LogP contribution in [0.25, 0.3) is 0 Å². The van der Waals surface area contributed by atoms with Crippen LogP contribution in [0.1, 0.15) is 72.1 Å². The number of hydrogen-bond donors (Lipinski definition) is 0. The van der Waals surface area contributed by atoms with Crippen LogP contribution < -0.4 is 0 Å². The molecule has 3 atom stereocenters. The van der Waals surface area contributed by atoms with E-state index in [9.17, 15) is 0 Å². The fraction of sp³-hybridized carbons (Fsp3) is 0.895. The van der Waals surface area contributed by atoms with E-state index in [4.69, 9.17) is 0 Å². The van der Waals surface area contributed by atoms with Gasteiger partial charge < -0.3 is 0 Å². The first-order chi connectivity index (χ1) is 9.75. The molecular weight excluding hydrogens is 347 g/mol. The zero-order chi connectivity index (χ0) is 14.4. The van der Waals surface area contributed by atoms with Gasteiger partial charge in [0.15, 0.2) is 0 Å². The molecule has 0 aromatic rings. The fourth-order valence-electron chi connectivity index (χ4n) is 5.00. The van der Waals surface area contributed by atoms with E-state index in [0.717, 1.165) is 11.8 Å². The standard InChI is InChI=1S/C7H9.3C4H9.Sn/c1-2-7-4-3-6(1)5-7;3*1-3-4-2;/h1-3,6-7H,4-5H2;3*1,3-4H2,2H3;/t6-,7+;;;;/m0..../s1. The van der Waals surface area contributed by atoms with Crippen LogP contribution in [-0.4, -0.2) is 18.4 Å². The van der Waals surface area contributed by atoms with E-state index in [2.05, 4.69) is 32.9 Å². The summed E-state index contributed by atoms with van der Waals surface area (Å²) in [5.74, 6) is 2.02. The Morgan fingerprint density at radius 1 is 0.800 bits per heavy atom. The molecule has 0 unspecified atom stereocenters. The normalized spacial score (nSPS) is 28.4. The first-order valence-corrected chi connectivity index (χ1v) is 17.1. The van der Waals surface area contributed by atoms with E-state index in [-0.39, 0.29) is 0 Å². The fourth-order valence-corrected chi connectivity index (χ4v) is 25.0. The summed E-state index contributed by atoms with van der Waals surface area (Å²) in [6.45, 7) is 7.20. The minimum atomic E-state index is -1.91. The Balaban J connectivity index is 2.12. The average molecular weight is 383 g/mol. The molecule has 0 radical (unpaired) electrons. The van der Waals surface area contributed by atoms with Gasteiger partial charge in [0.2, 0.25) is 0 Å². The molecule has 2 bridgehead atoms. The molecule has 1 heteroatoms. The molecule has 0 N–H and O–H groups in total. The zero-order valence-electron chi connectivity index (χ0n) is 14.2. The second-order valence-corrected chi connectivity index (χ2v) is 21.7. The third-order valence-corrected chi connectivity index (χ3v) is 24.1. The van der Waals surface area contributed by atoms with Crippen molar-refractivity contribution in [2.45, 2.75) is 89.4 Å². The van der Waals surface area contributed by atoms with E-state index in [1.807, 2.05) is 0 Å². The Bertz CT molecular complexity index is 285. The van der Waals surface area contributed by atoms with Crippen molar-refractivity contribution in [1.82, 2.24) is 0 Å². The first kappa shape index (κ1) is 16.9. The molecule has 2 rings (SSSR count). The van der Waals surface area contributed by atoms with Crippen molar-refractivity contribution in [2.24, 2.45) is 11.8 Å². The van der Waals surface area contributed by atoms with Crippen molar-refractivity contribution in [3.63, 3.8) is 0 Å². The van der Waals surface area contributed by atoms with E-state index in [1.165, 1.54) is 29.6 Å². The second-order valence-electron chi connectivity index (χ2n) is 7.56. The summed E-state index contributed by atoms with van der Waals surface area (Å²) < 4.78 is 6.37. The van der Waals surface area contributed by atoms with Crippen molar-refractivity contribution in [1.29, 1.82) is 0 Å². The summed E-state index contributed by atoms with van der Waals surface area (Å²) in [5.41, 5.74) is 0. The first-order valence-electron chi connectivity index (χ1n) is 9.44. The van der Waals surface area contributed by atoms with Crippen molar-refractivity contribution in [3.8, 4) is 0 Å². The van der Waals surface area contributed by atoms with Crippen LogP contribution in [0.4, 0.5) is 0 Å². The quantitative estimate of drug-likeness (QED) is 0.287. The Hall–Kier alpha value is 0.539. The molecule has 0 spiro atoms. The second kappa shape index (κ2) is 8.24. The van der Waals surface area contributed by atoms with Crippen LogP contribution in [-0.2, 0) is 0 Å². The van der Waals surface area contributed by atoms with Crippen molar-refractivity contribution < 1.29 is 0 Å². The maximum absolute atomic E-state index is 2.63. The van der Waals surface area contributed by atoms with Crippen LogP contribution in [0.2, 0.25) is 17.2 Å². The van der Waals surface area contributed by atoms with Crippen molar-refractivity contribution >= 4 is 18.4 Å². The van der Waals surface area contributed by atoms with Gasteiger partial charge in [-0.1, -0.05) is 0 Å². The Labute approximate surface area is 131 Å². The summed E-state index contributed by atoms with van der Waals surface area (Å²) in [6.07, 6.45) is 17.2. The van der Waals surface area contributed by atoms with Crippen LogP contribution in [0, 0.1) is 11.8 Å². The summed E-state index contributed by atoms with van der Waals surface area (Å²) in [7, 11) is 0. The predicted molar refractivity (Wildman–Crippen MR) is 94.0 cm³/mol. The molecular formula is C19H36Sn. The summed E-state index contributed by atoms with van der Waals surface area (Å²) >= 11 is -1.91. The van der Waals surface area contributed by atoms with E-state index in [1.54, 1.807) is 39.0 Å². The van der Waals surface area contributed by atoms with Crippen LogP contribution in [0.5, 0.6) is 0 Å². The van der Waals surface area contributed by atoms with Crippen LogP contribution >= 0.6 is 0 Å². The summed E-state index contributed by atoms with van der Waals surface area (Å²) in [4.78, 5) is 0. The van der Waals surface area contributed by atoms with Gasteiger partial charge in [-0.25, -0.2) is 0 Å². The Morgan fingerprint density at radius 2 is 1.35 bits per heavy atom. The van der Waals surface area contributed by atoms with Gasteiger partial charge in [0.25, 0.3) is 0 Å². The van der Waals surface area contributed by atoms with E-state index < -0.39 is 18.4 Å². The summed E-state index contributed by atoms with van der Waals surface area (Å²) in [6, 6.07) is 0. The molecule has 2 aliphatic rings. The van der Waals surface area contributed by atoms with Gasteiger partial charge in [-0.15, -0.1) is 0 Å². The van der Waals surface area contributed by atoms with Crippen molar-refractivity contribution in [2.75, 3.05) is 0 Å². The molecule has 20 heavy (non-hydrogen) atoms. The molecule has 0 aromatic carbocycles. The number of rotatable bonds is 10. The molecule has 0 aliphatic heterocycles. The molecule has 1 fully saturated rings. The average Bonchev–Trinajstić information content (AvgIpc) is 3.10. The number of allylic oxidation sites excluding steroid dienone is 2. The molecule has 1 saturated carbocycles. The molecule has 116 valence electrons. The third kappa shape index (κ3) is 3.84. The van der Waals surface area contributed by atoms with Gasteiger partial charge >= 0.3 is 132 Å². The monoisotopic (exact) mass is 384 g/mol. The van der Waals surface area contributed by atoms with Gasteiger partial charge in [0.05, 0.1) is 0 Å².